The van der Waals surface area contributed by atoms with Gasteiger partial charge in [-0.2, -0.15) is 0 Å². The number of benzene rings is 1. The van der Waals surface area contributed by atoms with Crippen molar-refractivity contribution in [3.05, 3.63) is 29.3 Å². The zero-order chi connectivity index (χ0) is 31.7. The van der Waals surface area contributed by atoms with Crippen molar-refractivity contribution in [2.24, 2.45) is 11.7 Å². The second kappa shape index (κ2) is 14.9. The van der Waals surface area contributed by atoms with Gasteiger partial charge in [0.15, 0.2) is 6.10 Å². The lowest BCUT2D eigenvalue weighted by Crippen LogP contribution is -2.59. The van der Waals surface area contributed by atoms with Gasteiger partial charge in [0.25, 0.3) is 5.91 Å². The molecule has 1 aliphatic heterocycles. The molecule has 230 valence electrons. The lowest BCUT2D eigenvalue weighted by molar-refractivity contribution is -0.174. The van der Waals surface area contributed by atoms with E-state index in [0.717, 1.165) is 20.8 Å². The Morgan fingerprint density at radius 3 is 2.14 bits per heavy atom. The lowest BCUT2D eigenvalue weighted by atomic mass is 9.90. The highest BCUT2D eigenvalue weighted by Crippen LogP contribution is 2.31. The predicted molar refractivity (Wildman–Crippen MR) is 145 cm³/mol. The summed E-state index contributed by atoms with van der Waals surface area (Å²) in [5.74, 6) is -5.58. The number of ether oxygens (including phenoxy) is 4. The van der Waals surface area contributed by atoms with Crippen LogP contribution in [0.4, 0.5) is 0 Å². The summed E-state index contributed by atoms with van der Waals surface area (Å²) in [4.78, 5) is 85.9. The summed E-state index contributed by atoms with van der Waals surface area (Å²) in [5.41, 5.74) is 5.94. The van der Waals surface area contributed by atoms with E-state index < -0.39 is 78.4 Å². The molecule has 0 saturated carbocycles. The number of nitrogens with one attached hydrogen (secondary N) is 2. The summed E-state index contributed by atoms with van der Waals surface area (Å²) in [7, 11) is 0. The monoisotopic (exact) mass is 591 g/mol. The summed E-state index contributed by atoms with van der Waals surface area (Å²) in [6.07, 6.45) is -4.42. The van der Waals surface area contributed by atoms with Crippen LogP contribution in [-0.2, 0) is 49.4 Å². The molecule has 4 N–H and O–H groups in total. The van der Waals surface area contributed by atoms with Crippen molar-refractivity contribution in [1.29, 1.82) is 0 Å². The first-order valence-electron chi connectivity index (χ1n) is 13.3. The van der Waals surface area contributed by atoms with Gasteiger partial charge in [0.2, 0.25) is 17.9 Å². The average molecular weight is 592 g/mol. The second-order valence-corrected chi connectivity index (χ2v) is 10.4. The van der Waals surface area contributed by atoms with Gasteiger partial charge in [0.1, 0.15) is 17.4 Å². The molecule has 0 aliphatic carbocycles. The smallest absolute Gasteiger partial charge is 0.342 e. The first-order chi connectivity index (χ1) is 19.6. The number of primary amides is 1. The first kappa shape index (κ1) is 33.7. The van der Waals surface area contributed by atoms with E-state index in [2.05, 4.69) is 10.6 Å². The van der Waals surface area contributed by atoms with Gasteiger partial charge in [-0.1, -0.05) is 26.0 Å². The Kier molecular flexibility index (Phi) is 12.0. The molecule has 1 aromatic carbocycles. The molecule has 2 rings (SSSR count). The lowest BCUT2D eigenvalue weighted by Gasteiger charge is -2.35. The third kappa shape index (κ3) is 9.85. The second-order valence-electron chi connectivity index (χ2n) is 10.4. The van der Waals surface area contributed by atoms with Crippen LogP contribution in [0.3, 0.4) is 0 Å². The van der Waals surface area contributed by atoms with Crippen molar-refractivity contribution in [2.75, 3.05) is 0 Å². The molecule has 14 nitrogen and oxygen atoms in total. The molecule has 42 heavy (non-hydrogen) atoms. The van der Waals surface area contributed by atoms with Crippen molar-refractivity contribution >= 4 is 41.6 Å². The SMILES string of the molecule is CC(=O)N[C@@H](CC(N)=O)[C@H](OC(C)=O)[C@H](OC(C)=O)C(=O)N[C@@H](CC(C)C)[C@@H]1Cc2cccc(OC(C)=O)c2C(=O)O1. The van der Waals surface area contributed by atoms with Crippen LogP contribution in [0.15, 0.2) is 18.2 Å². The van der Waals surface area contributed by atoms with Crippen LogP contribution < -0.4 is 21.1 Å². The van der Waals surface area contributed by atoms with Gasteiger partial charge < -0.3 is 35.3 Å². The summed E-state index contributed by atoms with van der Waals surface area (Å²) in [6.45, 7) is 8.16. The molecule has 0 bridgehead atoms. The Balaban J connectivity index is 2.46. The maximum Gasteiger partial charge on any atom is 0.342 e. The molecule has 0 fully saturated rings. The highest BCUT2D eigenvalue weighted by Gasteiger charge is 2.43. The number of hydrogen-bond acceptors (Lipinski definition) is 11. The quantitative estimate of drug-likeness (QED) is 0.163. The number of carbonyl (C=O) groups excluding carboxylic acids is 7. The molecule has 0 unspecified atom stereocenters. The highest BCUT2D eigenvalue weighted by molar-refractivity contribution is 5.96. The molecule has 1 heterocycles. The third-order valence-electron chi connectivity index (χ3n) is 6.11. The minimum atomic E-state index is -1.82. The van der Waals surface area contributed by atoms with E-state index in [1.165, 1.54) is 13.0 Å². The molecule has 0 spiro atoms. The Morgan fingerprint density at radius 2 is 1.62 bits per heavy atom. The average Bonchev–Trinajstić information content (AvgIpc) is 2.83. The van der Waals surface area contributed by atoms with E-state index in [0.29, 0.717) is 12.0 Å². The number of cyclic esters (lactones) is 1. The van der Waals surface area contributed by atoms with Gasteiger partial charge in [0, 0.05) is 34.1 Å². The van der Waals surface area contributed by atoms with Crippen molar-refractivity contribution in [2.45, 2.75) is 91.2 Å². The van der Waals surface area contributed by atoms with Crippen LogP contribution >= 0.6 is 0 Å². The molecule has 0 saturated heterocycles. The van der Waals surface area contributed by atoms with Crippen LogP contribution in [0, 0.1) is 5.92 Å². The normalized spacial score (nSPS) is 16.9. The van der Waals surface area contributed by atoms with Crippen LogP contribution in [0.1, 0.15) is 70.3 Å². The molecular formula is C28H37N3O11. The van der Waals surface area contributed by atoms with Gasteiger partial charge in [-0.25, -0.2) is 4.79 Å². The molecule has 1 aliphatic rings. The molecule has 3 amide bonds. The van der Waals surface area contributed by atoms with E-state index in [4.69, 9.17) is 24.7 Å². The van der Waals surface area contributed by atoms with Crippen LogP contribution in [0.2, 0.25) is 0 Å². The molecule has 1 aromatic rings. The molecule has 14 heteroatoms. The van der Waals surface area contributed by atoms with Gasteiger partial charge in [-0.15, -0.1) is 0 Å². The predicted octanol–water partition coefficient (Wildman–Crippen LogP) is 0.468. The highest BCUT2D eigenvalue weighted by atomic mass is 16.6. The van der Waals surface area contributed by atoms with E-state index in [9.17, 15) is 33.6 Å². The molecule has 0 aromatic heterocycles. The largest absolute Gasteiger partial charge is 0.456 e. The summed E-state index contributed by atoms with van der Waals surface area (Å²) in [5, 5.41) is 5.15. The Bertz CT molecular complexity index is 1210. The van der Waals surface area contributed by atoms with Gasteiger partial charge in [0.05, 0.1) is 18.5 Å². The number of rotatable bonds is 13. The number of amides is 3. The fourth-order valence-corrected chi connectivity index (χ4v) is 4.70. The van der Waals surface area contributed by atoms with E-state index in [1.54, 1.807) is 12.1 Å². The topological polar surface area (TPSA) is 206 Å². The van der Waals surface area contributed by atoms with Gasteiger partial charge in [-0.3, -0.25) is 28.8 Å². The first-order valence-corrected chi connectivity index (χ1v) is 13.3. The summed E-state index contributed by atoms with van der Waals surface area (Å²) >= 11 is 0. The fourth-order valence-electron chi connectivity index (χ4n) is 4.70. The van der Waals surface area contributed by atoms with E-state index >= 15 is 0 Å². The minimum Gasteiger partial charge on any atom is -0.456 e. The van der Waals surface area contributed by atoms with Crippen molar-refractivity contribution in [1.82, 2.24) is 10.6 Å². The number of hydrogen-bond donors (Lipinski definition) is 3. The number of nitrogens with two attached hydrogens (primary N) is 1. The van der Waals surface area contributed by atoms with Gasteiger partial charge >= 0.3 is 23.9 Å². The Morgan fingerprint density at radius 1 is 0.976 bits per heavy atom. The summed E-state index contributed by atoms with van der Waals surface area (Å²) < 4.78 is 21.4. The fraction of sp³-hybridized carbons (Fsp3) is 0.536. The molecular weight excluding hydrogens is 554 g/mol. The van der Waals surface area contributed by atoms with E-state index in [-0.39, 0.29) is 23.7 Å². The molecule has 5 atom stereocenters. The van der Waals surface area contributed by atoms with Crippen LogP contribution in [0.5, 0.6) is 5.75 Å². The van der Waals surface area contributed by atoms with Crippen molar-refractivity contribution < 1.29 is 52.5 Å². The number of carbonyl (C=O) groups is 7. The maximum absolute atomic E-state index is 13.7. The number of fused-ring (bicyclic) bond motifs is 1. The van der Waals surface area contributed by atoms with Gasteiger partial charge in [-0.05, 0) is 24.0 Å². The minimum absolute atomic E-state index is 0.0128. The van der Waals surface area contributed by atoms with Crippen LogP contribution in [0.25, 0.3) is 0 Å². The third-order valence-corrected chi connectivity index (χ3v) is 6.11. The van der Waals surface area contributed by atoms with Crippen LogP contribution in [-0.4, -0.2) is 72.0 Å². The zero-order valence-corrected chi connectivity index (χ0v) is 24.4. The zero-order valence-electron chi connectivity index (χ0n) is 24.4. The van der Waals surface area contributed by atoms with Crippen molar-refractivity contribution in [3.63, 3.8) is 0 Å². The van der Waals surface area contributed by atoms with Crippen molar-refractivity contribution in [3.8, 4) is 5.75 Å². The summed E-state index contributed by atoms with van der Waals surface area (Å²) in [6, 6.07) is 2.61. The maximum atomic E-state index is 13.7. The molecule has 0 radical (unpaired) electrons. The van der Waals surface area contributed by atoms with E-state index in [1.807, 2.05) is 13.8 Å². The number of esters is 4. The Labute approximate surface area is 242 Å². The standard InChI is InChI=1S/C28H37N3O11/c1-13(2)10-19(22-11-18-8-7-9-21(39-15(4)33)24(18)28(38)42-22)31-27(37)26(41-17(6)35)25(40-16(5)34)20(12-23(29)36)30-14(3)32/h7-9,13,19-20,22,25-26H,10-12H2,1-6H3,(H2,29,36)(H,30,32)(H,31,37)/t19-,20-,22-,25-,26-/m0/s1. The Hall–Kier alpha value is -4.49.